The predicted octanol–water partition coefficient (Wildman–Crippen LogP) is 4.78. The van der Waals surface area contributed by atoms with Gasteiger partial charge in [-0.1, -0.05) is 42.2 Å². The van der Waals surface area contributed by atoms with Crippen molar-refractivity contribution in [1.82, 2.24) is 15.3 Å². The summed E-state index contributed by atoms with van der Waals surface area (Å²) in [4.78, 5) is 25.1. The summed E-state index contributed by atoms with van der Waals surface area (Å²) in [5.74, 6) is 1.42. The molecule has 2 fully saturated rings. The number of benzene rings is 2. The quantitative estimate of drug-likeness (QED) is 0.442. The van der Waals surface area contributed by atoms with Crippen LogP contribution in [0, 0.1) is 0 Å². The van der Waals surface area contributed by atoms with Gasteiger partial charge in [0, 0.05) is 18.7 Å². The van der Waals surface area contributed by atoms with Gasteiger partial charge in [-0.25, -0.2) is 9.97 Å². The second kappa shape index (κ2) is 8.88. The number of piperidine rings is 1. The Hall–Kier alpha value is -2.97. The van der Waals surface area contributed by atoms with Crippen LogP contribution in [0.5, 0.6) is 5.75 Å². The number of aromatic nitrogens is 2. The number of para-hydroxylation sites is 2. The van der Waals surface area contributed by atoms with Crippen LogP contribution in [0.2, 0.25) is 0 Å². The summed E-state index contributed by atoms with van der Waals surface area (Å²) in [6.45, 7) is 1.92. The van der Waals surface area contributed by atoms with Gasteiger partial charge in [-0.2, -0.15) is 0 Å². The number of hydrogen-bond acceptors (Lipinski definition) is 7. The molecule has 162 valence electrons. The number of carbonyl (C=O) groups is 1. The number of nitrogens with zero attached hydrogens (tertiary/aromatic N) is 3. The maximum atomic E-state index is 12.1. The highest BCUT2D eigenvalue weighted by molar-refractivity contribution is 8.26. The number of anilines is 1. The van der Waals surface area contributed by atoms with E-state index in [1.54, 1.807) is 7.11 Å². The van der Waals surface area contributed by atoms with Crippen molar-refractivity contribution in [3.63, 3.8) is 0 Å². The van der Waals surface area contributed by atoms with Crippen molar-refractivity contribution in [2.75, 3.05) is 25.1 Å². The molecule has 2 aliphatic heterocycles. The molecular formula is C24H22N4O2S2. The van der Waals surface area contributed by atoms with E-state index in [1.807, 2.05) is 48.5 Å². The van der Waals surface area contributed by atoms with Crippen LogP contribution in [0.1, 0.15) is 24.8 Å². The van der Waals surface area contributed by atoms with Gasteiger partial charge in [-0.05, 0) is 55.2 Å². The van der Waals surface area contributed by atoms with Gasteiger partial charge in [0.2, 0.25) is 0 Å². The second-order valence-electron chi connectivity index (χ2n) is 7.74. The molecule has 2 aliphatic rings. The lowest BCUT2D eigenvalue weighted by molar-refractivity contribution is -0.115. The van der Waals surface area contributed by atoms with Crippen LogP contribution in [0.25, 0.3) is 28.4 Å². The Morgan fingerprint density at radius 2 is 1.84 bits per heavy atom. The molecule has 8 heteroatoms. The van der Waals surface area contributed by atoms with E-state index in [9.17, 15) is 4.79 Å². The Bertz CT molecular complexity index is 1250. The number of fused-ring (bicyclic) bond motifs is 1. The fourth-order valence-electron chi connectivity index (χ4n) is 4.07. The van der Waals surface area contributed by atoms with Gasteiger partial charge in [0.15, 0.2) is 5.82 Å². The normalized spacial score (nSPS) is 17.8. The van der Waals surface area contributed by atoms with E-state index in [2.05, 4.69) is 10.2 Å². The first-order valence-electron chi connectivity index (χ1n) is 10.6. The predicted molar refractivity (Wildman–Crippen MR) is 134 cm³/mol. The summed E-state index contributed by atoms with van der Waals surface area (Å²) in [5.41, 5.74) is 4.24. The Balaban J connectivity index is 1.67. The third-order valence-electron chi connectivity index (χ3n) is 5.63. The highest BCUT2D eigenvalue weighted by atomic mass is 32.2. The van der Waals surface area contributed by atoms with E-state index in [0.29, 0.717) is 15.0 Å². The van der Waals surface area contributed by atoms with Crippen LogP contribution in [0.3, 0.4) is 0 Å². The Morgan fingerprint density at radius 3 is 2.53 bits per heavy atom. The van der Waals surface area contributed by atoms with Crippen LogP contribution >= 0.6 is 24.0 Å². The standard InChI is InChI=1S/C24H22N4O2S2/c1-30-19-10-9-15(14-20-23(29)27-24(31)32-20)13-16(19)21-22(28-11-5-2-6-12-28)26-18-8-4-3-7-17(18)25-21/h3-4,7-10,13-14H,2,5-6,11-12H2,1H3,(H,27,29,31). The van der Waals surface area contributed by atoms with Crippen LogP contribution < -0.4 is 15.0 Å². The summed E-state index contributed by atoms with van der Waals surface area (Å²) in [6.07, 6.45) is 5.37. The molecule has 0 aliphatic carbocycles. The third-order valence-corrected chi connectivity index (χ3v) is 6.79. The van der Waals surface area contributed by atoms with Crippen molar-refractivity contribution < 1.29 is 9.53 Å². The van der Waals surface area contributed by atoms with Gasteiger partial charge >= 0.3 is 0 Å². The summed E-state index contributed by atoms with van der Waals surface area (Å²) in [6, 6.07) is 13.8. The maximum Gasteiger partial charge on any atom is 0.263 e. The SMILES string of the molecule is COc1ccc(C=C2SC(=S)NC2=O)cc1-c1nc2ccccc2nc1N1CCCCC1. The smallest absolute Gasteiger partial charge is 0.263 e. The first-order valence-corrected chi connectivity index (χ1v) is 11.8. The van der Waals surface area contributed by atoms with E-state index >= 15 is 0 Å². The van der Waals surface area contributed by atoms with Gasteiger partial charge in [0.05, 0.1) is 23.0 Å². The largest absolute Gasteiger partial charge is 0.496 e. The minimum Gasteiger partial charge on any atom is -0.496 e. The molecule has 3 heterocycles. The zero-order valence-corrected chi connectivity index (χ0v) is 19.3. The molecule has 32 heavy (non-hydrogen) atoms. The maximum absolute atomic E-state index is 12.1. The van der Waals surface area contributed by atoms with Gasteiger partial charge in [-0.3, -0.25) is 4.79 Å². The van der Waals surface area contributed by atoms with Crippen molar-refractivity contribution in [3.05, 3.63) is 52.9 Å². The number of carbonyl (C=O) groups excluding carboxylic acids is 1. The lowest BCUT2D eigenvalue weighted by Crippen LogP contribution is -2.31. The molecule has 6 nitrogen and oxygen atoms in total. The zero-order chi connectivity index (χ0) is 22.1. The number of amides is 1. The first kappa shape index (κ1) is 20.9. The van der Waals surface area contributed by atoms with Crippen molar-refractivity contribution in [2.45, 2.75) is 19.3 Å². The number of thiocarbonyl (C=S) groups is 1. The Morgan fingerprint density at radius 1 is 1.09 bits per heavy atom. The molecule has 3 aromatic rings. The van der Waals surface area contributed by atoms with E-state index in [-0.39, 0.29) is 5.91 Å². The fraction of sp³-hybridized carbons (Fsp3) is 0.250. The summed E-state index contributed by atoms with van der Waals surface area (Å²) < 4.78 is 6.18. The van der Waals surface area contributed by atoms with Gasteiger partial charge < -0.3 is 15.0 Å². The number of thioether (sulfide) groups is 1. The van der Waals surface area contributed by atoms with E-state index in [1.165, 1.54) is 18.2 Å². The van der Waals surface area contributed by atoms with Crippen LogP contribution in [0.4, 0.5) is 5.82 Å². The van der Waals surface area contributed by atoms with Crippen molar-refractivity contribution in [3.8, 4) is 17.0 Å². The zero-order valence-electron chi connectivity index (χ0n) is 17.6. The van der Waals surface area contributed by atoms with Crippen LogP contribution in [0.15, 0.2) is 47.4 Å². The minimum atomic E-state index is -0.170. The monoisotopic (exact) mass is 462 g/mol. The minimum absolute atomic E-state index is 0.170. The highest BCUT2D eigenvalue weighted by Gasteiger charge is 2.24. The number of rotatable bonds is 4. The molecule has 0 spiro atoms. The molecule has 1 N–H and O–H groups in total. The molecule has 0 atom stereocenters. The number of ether oxygens (including phenoxy) is 1. The molecule has 2 aromatic carbocycles. The fourth-order valence-corrected chi connectivity index (χ4v) is 5.11. The molecule has 0 bridgehead atoms. The van der Waals surface area contributed by atoms with E-state index in [4.69, 9.17) is 26.9 Å². The first-order chi connectivity index (χ1) is 15.6. The number of hydrogen-bond donors (Lipinski definition) is 1. The lowest BCUT2D eigenvalue weighted by Gasteiger charge is -2.29. The topological polar surface area (TPSA) is 67.3 Å². The molecule has 0 unspecified atom stereocenters. The highest BCUT2D eigenvalue weighted by Crippen LogP contribution is 2.38. The average Bonchev–Trinajstić information content (AvgIpc) is 3.15. The average molecular weight is 463 g/mol. The number of nitrogens with one attached hydrogen (secondary N) is 1. The van der Waals surface area contributed by atoms with Gasteiger partial charge in [0.1, 0.15) is 15.8 Å². The van der Waals surface area contributed by atoms with E-state index in [0.717, 1.165) is 59.6 Å². The molecule has 5 rings (SSSR count). The Kier molecular flexibility index (Phi) is 5.80. The third kappa shape index (κ3) is 4.08. The molecular weight excluding hydrogens is 440 g/mol. The van der Waals surface area contributed by atoms with Gasteiger partial charge in [-0.15, -0.1) is 0 Å². The molecule has 1 amide bonds. The van der Waals surface area contributed by atoms with Crippen molar-refractivity contribution in [2.24, 2.45) is 0 Å². The van der Waals surface area contributed by atoms with Gasteiger partial charge in [0.25, 0.3) is 5.91 Å². The van der Waals surface area contributed by atoms with Crippen molar-refractivity contribution >= 4 is 57.1 Å². The number of methoxy groups -OCH3 is 1. The van der Waals surface area contributed by atoms with Crippen LogP contribution in [-0.2, 0) is 4.79 Å². The second-order valence-corrected chi connectivity index (χ2v) is 9.46. The summed E-state index contributed by atoms with van der Waals surface area (Å²) >= 11 is 6.38. The summed E-state index contributed by atoms with van der Waals surface area (Å²) in [5, 5.41) is 2.66. The summed E-state index contributed by atoms with van der Waals surface area (Å²) in [7, 11) is 1.66. The van der Waals surface area contributed by atoms with Crippen molar-refractivity contribution in [1.29, 1.82) is 0 Å². The molecule has 1 aromatic heterocycles. The van der Waals surface area contributed by atoms with Crippen LogP contribution in [-0.4, -0.2) is 40.4 Å². The molecule has 0 radical (unpaired) electrons. The molecule has 0 saturated carbocycles. The van der Waals surface area contributed by atoms with E-state index < -0.39 is 0 Å². The molecule has 2 saturated heterocycles. The lowest BCUT2D eigenvalue weighted by atomic mass is 10.0. The Labute approximate surface area is 196 Å².